The van der Waals surface area contributed by atoms with Gasteiger partial charge in [-0.3, -0.25) is 4.98 Å². The van der Waals surface area contributed by atoms with Gasteiger partial charge in [0.05, 0.1) is 11.7 Å². The predicted octanol–water partition coefficient (Wildman–Crippen LogP) is 3.97. The molecule has 1 aromatic carbocycles. The molecule has 3 aromatic heterocycles. The molecule has 0 spiro atoms. The van der Waals surface area contributed by atoms with Crippen LogP contribution in [0.15, 0.2) is 59.3 Å². The number of rotatable bonds is 2. The van der Waals surface area contributed by atoms with Gasteiger partial charge in [0.25, 0.3) is 0 Å². The lowest BCUT2D eigenvalue weighted by atomic mass is 10.2. The van der Waals surface area contributed by atoms with E-state index >= 15 is 0 Å². The molecule has 0 amide bonds. The van der Waals surface area contributed by atoms with Crippen LogP contribution in [0.4, 0.5) is 0 Å². The summed E-state index contributed by atoms with van der Waals surface area (Å²) in [7, 11) is 0. The summed E-state index contributed by atoms with van der Waals surface area (Å²) in [6.07, 6.45) is 3.45. The van der Waals surface area contributed by atoms with Gasteiger partial charge in [-0.15, -0.1) is 0 Å². The third-order valence-corrected chi connectivity index (χ3v) is 3.58. The SMILES string of the molecule is Cc1ccc(-c2cnc3cnc(-c4ccc(O)cc4)nc3c2)o1. The fourth-order valence-corrected chi connectivity index (χ4v) is 2.39. The second-order valence-electron chi connectivity index (χ2n) is 5.28. The van der Waals surface area contributed by atoms with Crippen LogP contribution in [0.1, 0.15) is 5.76 Å². The summed E-state index contributed by atoms with van der Waals surface area (Å²) in [4.78, 5) is 13.3. The summed E-state index contributed by atoms with van der Waals surface area (Å²) < 4.78 is 5.64. The maximum Gasteiger partial charge on any atom is 0.159 e. The van der Waals surface area contributed by atoms with Gasteiger partial charge in [0, 0.05) is 17.3 Å². The second-order valence-corrected chi connectivity index (χ2v) is 5.28. The number of aromatic hydroxyl groups is 1. The molecule has 1 N–H and O–H groups in total. The minimum atomic E-state index is 0.215. The quantitative estimate of drug-likeness (QED) is 0.606. The Bertz CT molecular complexity index is 991. The molecule has 0 saturated heterocycles. The van der Waals surface area contributed by atoms with E-state index in [9.17, 15) is 5.11 Å². The zero-order valence-corrected chi connectivity index (χ0v) is 12.4. The average Bonchev–Trinajstić information content (AvgIpc) is 3.01. The van der Waals surface area contributed by atoms with E-state index in [-0.39, 0.29) is 5.75 Å². The van der Waals surface area contributed by atoms with Gasteiger partial charge in [-0.1, -0.05) is 0 Å². The molecule has 4 rings (SSSR count). The third kappa shape index (κ3) is 2.53. The number of benzene rings is 1. The standard InChI is InChI=1S/C18H13N3O2/c1-11-2-7-17(23-11)13-8-15-16(19-9-13)10-20-18(21-15)12-3-5-14(22)6-4-12/h2-10,22H,1H3. The van der Waals surface area contributed by atoms with Gasteiger partial charge < -0.3 is 9.52 Å². The smallest absolute Gasteiger partial charge is 0.159 e. The first kappa shape index (κ1) is 13.5. The van der Waals surface area contributed by atoms with Gasteiger partial charge in [-0.2, -0.15) is 0 Å². The maximum absolute atomic E-state index is 9.38. The number of furan rings is 1. The lowest BCUT2D eigenvalue weighted by molar-refractivity contribution is 0.475. The van der Waals surface area contributed by atoms with Crippen molar-refractivity contribution in [2.75, 3.05) is 0 Å². The number of phenols is 1. The highest BCUT2D eigenvalue weighted by molar-refractivity contribution is 5.80. The summed E-state index contributed by atoms with van der Waals surface area (Å²) in [5, 5.41) is 9.38. The molecule has 0 bridgehead atoms. The minimum Gasteiger partial charge on any atom is -0.508 e. The Morgan fingerprint density at radius 1 is 0.870 bits per heavy atom. The summed E-state index contributed by atoms with van der Waals surface area (Å²) in [5.74, 6) is 2.42. The molecule has 3 heterocycles. The van der Waals surface area contributed by atoms with Crippen LogP contribution in [-0.2, 0) is 0 Å². The molecule has 5 heteroatoms. The van der Waals surface area contributed by atoms with E-state index in [1.165, 1.54) is 0 Å². The molecule has 0 aliphatic heterocycles. The Balaban J connectivity index is 1.82. The normalized spacial score (nSPS) is 11.0. The van der Waals surface area contributed by atoms with Gasteiger partial charge in [-0.05, 0) is 49.4 Å². The van der Waals surface area contributed by atoms with Crippen molar-refractivity contribution in [3.05, 3.63) is 60.6 Å². The molecular formula is C18H13N3O2. The highest BCUT2D eigenvalue weighted by atomic mass is 16.3. The number of pyridine rings is 1. The molecule has 0 fully saturated rings. The van der Waals surface area contributed by atoms with E-state index in [2.05, 4.69) is 15.0 Å². The fourth-order valence-electron chi connectivity index (χ4n) is 2.39. The highest BCUT2D eigenvalue weighted by Crippen LogP contribution is 2.25. The first-order valence-electron chi connectivity index (χ1n) is 7.18. The number of fused-ring (bicyclic) bond motifs is 1. The molecule has 112 valence electrons. The van der Waals surface area contributed by atoms with Crippen LogP contribution in [0, 0.1) is 6.92 Å². The molecule has 23 heavy (non-hydrogen) atoms. The second kappa shape index (κ2) is 5.21. The molecule has 0 unspecified atom stereocenters. The van der Waals surface area contributed by atoms with Gasteiger partial charge in [0.2, 0.25) is 0 Å². The Kier molecular flexibility index (Phi) is 3.05. The molecular weight excluding hydrogens is 290 g/mol. The number of aryl methyl sites for hydroxylation is 1. The predicted molar refractivity (Wildman–Crippen MR) is 86.9 cm³/mol. The molecule has 0 aliphatic carbocycles. The Morgan fingerprint density at radius 2 is 1.70 bits per heavy atom. The van der Waals surface area contributed by atoms with Crippen molar-refractivity contribution in [3.63, 3.8) is 0 Å². The molecule has 0 radical (unpaired) electrons. The number of nitrogens with zero attached hydrogens (tertiary/aromatic N) is 3. The summed E-state index contributed by atoms with van der Waals surface area (Å²) >= 11 is 0. The van der Waals surface area contributed by atoms with Crippen LogP contribution in [0.2, 0.25) is 0 Å². The van der Waals surface area contributed by atoms with Crippen molar-refractivity contribution in [1.82, 2.24) is 15.0 Å². The largest absolute Gasteiger partial charge is 0.508 e. The van der Waals surface area contributed by atoms with Crippen LogP contribution in [0.5, 0.6) is 5.75 Å². The summed E-state index contributed by atoms with van der Waals surface area (Å²) in [5.41, 5.74) is 3.18. The first-order valence-corrected chi connectivity index (χ1v) is 7.18. The van der Waals surface area contributed by atoms with Crippen LogP contribution < -0.4 is 0 Å². The maximum atomic E-state index is 9.38. The molecule has 0 atom stereocenters. The molecule has 4 aromatic rings. The summed E-state index contributed by atoms with van der Waals surface area (Å²) in [6.45, 7) is 1.91. The van der Waals surface area contributed by atoms with Crippen LogP contribution in [0.25, 0.3) is 33.7 Å². The average molecular weight is 303 g/mol. The van der Waals surface area contributed by atoms with Crippen molar-refractivity contribution >= 4 is 11.0 Å². The van der Waals surface area contributed by atoms with Gasteiger partial charge in [0.1, 0.15) is 22.8 Å². The van der Waals surface area contributed by atoms with Crippen molar-refractivity contribution in [2.45, 2.75) is 6.92 Å². The number of hydrogen-bond acceptors (Lipinski definition) is 5. The van der Waals surface area contributed by atoms with E-state index in [0.717, 1.165) is 33.7 Å². The lowest BCUT2D eigenvalue weighted by Crippen LogP contribution is -1.92. The zero-order chi connectivity index (χ0) is 15.8. The van der Waals surface area contributed by atoms with Gasteiger partial charge in [0.15, 0.2) is 5.82 Å². The Labute approximate surface area is 132 Å². The van der Waals surface area contributed by atoms with Crippen molar-refractivity contribution in [2.24, 2.45) is 0 Å². The topological polar surface area (TPSA) is 72.0 Å². The molecule has 0 aliphatic rings. The Hall–Kier alpha value is -3.21. The molecule has 0 saturated carbocycles. The summed E-state index contributed by atoms with van der Waals surface area (Å²) in [6, 6.07) is 12.6. The van der Waals surface area contributed by atoms with Crippen LogP contribution in [-0.4, -0.2) is 20.1 Å². The van der Waals surface area contributed by atoms with Gasteiger partial charge in [-0.25, -0.2) is 9.97 Å². The Morgan fingerprint density at radius 3 is 2.43 bits per heavy atom. The van der Waals surface area contributed by atoms with Crippen LogP contribution >= 0.6 is 0 Å². The van der Waals surface area contributed by atoms with Crippen molar-refractivity contribution < 1.29 is 9.52 Å². The van der Waals surface area contributed by atoms with E-state index in [4.69, 9.17) is 4.42 Å². The van der Waals surface area contributed by atoms with E-state index in [0.29, 0.717) is 5.82 Å². The van der Waals surface area contributed by atoms with Crippen molar-refractivity contribution in [1.29, 1.82) is 0 Å². The number of hydrogen-bond donors (Lipinski definition) is 1. The molecule has 5 nitrogen and oxygen atoms in total. The highest BCUT2D eigenvalue weighted by Gasteiger charge is 2.08. The fraction of sp³-hybridized carbons (Fsp3) is 0.0556. The van der Waals surface area contributed by atoms with E-state index < -0.39 is 0 Å². The minimum absolute atomic E-state index is 0.215. The van der Waals surface area contributed by atoms with Crippen LogP contribution in [0.3, 0.4) is 0 Å². The zero-order valence-electron chi connectivity index (χ0n) is 12.4. The number of phenolic OH excluding ortho intramolecular Hbond substituents is 1. The van der Waals surface area contributed by atoms with Gasteiger partial charge >= 0.3 is 0 Å². The van der Waals surface area contributed by atoms with E-state index in [1.807, 2.05) is 25.1 Å². The van der Waals surface area contributed by atoms with Crippen molar-refractivity contribution in [3.8, 4) is 28.5 Å². The number of aromatic nitrogens is 3. The monoisotopic (exact) mass is 303 g/mol. The first-order chi connectivity index (χ1) is 11.2. The lowest BCUT2D eigenvalue weighted by Gasteiger charge is -2.04. The van der Waals surface area contributed by atoms with E-state index in [1.54, 1.807) is 36.7 Å². The third-order valence-electron chi connectivity index (χ3n) is 3.58.